The van der Waals surface area contributed by atoms with Gasteiger partial charge in [-0.1, -0.05) is 0 Å². The molecule has 0 heterocycles. The second-order valence-electron chi connectivity index (χ2n) is 0.742. The first-order valence-electron chi connectivity index (χ1n) is 0.983. The van der Waals surface area contributed by atoms with Crippen LogP contribution in [0.15, 0.2) is 0 Å². The molecule has 0 aromatic heterocycles. The summed E-state index contributed by atoms with van der Waals surface area (Å²) in [7, 11) is -0.611. The third-order valence-corrected chi connectivity index (χ3v) is 0. The van der Waals surface area contributed by atoms with E-state index < -0.39 is 10.8 Å². The van der Waals surface area contributed by atoms with Crippen molar-refractivity contribution in [2.24, 2.45) is 0 Å². The summed E-state index contributed by atoms with van der Waals surface area (Å²) in [4.78, 5) is 0. The van der Waals surface area contributed by atoms with E-state index in [1.54, 1.807) is 12.5 Å². The van der Waals surface area contributed by atoms with Gasteiger partial charge in [0.15, 0.2) is 0 Å². The molecular formula is C2H6Cl2OPtS. The summed E-state index contributed by atoms with van der Waals surface area (Å²) in [5, 5.41) is 0. The summed E-state index contributed by atoms with van der Waals surface area (Å²) >= 11 is 0. The first-order chi connectivity index (χ1) is 1.73. The minimum absolute atomic E-state index is 0. The van der Waals surface area contributed by atoms with Crippen LogP contribution in [0.1, 0.15) is 0 Å². The van der Waals surface area contributed by atoms with Gasteiger partial charge in [0.25, 0.3) is 0 Å². The van der Waals surface area contributed by atoms with E-state index >= 15 is 0 Å². The van der Waals surface area contributed by atoms with Crippen LogP contribution >= 0.6 is 0 Å². The van der Waals surface area contributed by atoms with Crippen molar-refractivity contribution < 1.29 is 50.1 Å². The van der Waals surface area contributed by atoms with Crippen LogP contribution in [0.3, 0.4) is 0 Å². The molecule has 5 heteroatoms. The van der Waals surface area contributed by atoms with E-state index in [4.69, 9.17) is 0 Å². The summed E-state index contributed by atoms with van der Waals surface area (Å²) in [6.45, 7) is 0. The third kappa shape index (κ3) is 108. The molecule has 0 fully saturated rings. The van der Waals surface area contributed by atoms with E-state index in [0.717, 1.165) is 0 Å². The molecule has 0 amide bonds. The summed E-state index contributed by atoms with van der Waals surface area (Å²) in [5.74, 6) is 0. The number of hydrogen-bond donors (Lipinski definition) is 0. The summed E-state index contributed by atoms with van der Waals surface area (Å²) in [6, 6.07) is 0. The van der Waals surface area contributed by atoms with E-state index in [0.29, 0.717) is 0 Å². The smallest absolute Gasteiger partial charge is 1.00 e. The van der Waals surface area contributed by atoms with Gasteiger partial charge in [0.05, 0.1) is 0 Å². The van der Waals surface area contributed by atoms with Crippen molar-refractivity contribution in [1.82, 2.24) is 0 Å². The summed E-state index contributed by atoms with van der Waals surface area (Å²) in [5.41, 5.74) is 0. The van der Waals surface area contributed by atoms with E-state index in [2.05, 4.69) is 0 Å². The van der Waals surface area contributed by atoms with Crippen molar-refractivity contribution in [1.29, 1.82) is 0 Å². The molecule has 0 N–H and O–H groups in total. The molecule has 0 spiro atoms. The molecule has 50 valence electrons. The van der Waals surface area contributed by atoms with Gasteiger partial charge < -0.3 is 24.8 Å². The molecule has 0 aliphatic rings. The van der Waals surface area contributed by atoms with E-state index in [1.165, 1.54) is 0 Å². The van der Waals surface area contributed by atoms with Gasteiger partial charge in [0.2, 0.25) is 0 Å². The van der Waals surface area contributed by atoms with Crippen LogP contribution in [0, 0.1) is 0 Å². The van der Waals surface area contributed by atoms with Crippen LogP contribution < -0.4 is 24.8 Å². The van der Waals surface area contributed by atoms with Crippen molar-refractivity contribution in [2.75, 3.05) is 12.5 Å². The van der Waals surface area contributed by atoms with Gasteiger partial charge in [-0.3, -0.25) is 4.21 Å². The van der Waals surface area contributed by atoms with Gasteiger partial charge in [0.1, 0.15) is 0 Å². The Kier molecular flexibility index (Phi) is 53.1. The zero-order chi connectivity index (χ0) is 3.58. The zero-order valence-electron chi connectivity index (χ0n) is 3.89. The molecule has 1 nitrogen and oxygen atoms in total. The molecule has 0 saturated heterocycles. The standard InChI is InChI=1S/C2H6OS.2ClH.Pt/c1-4(2)3;;;/h1-2H3;2*1H;/q;;;+2/p-2. The van der Waals surface area contributed by atoms with Gasteiger partial charge in [-0.25, -0.2) is 0 Å². The Balaban J connectivity index is -0.0000000150. The number of rotatable bonds is 0. The van der Waals surface area contributed by atoms with Crippen molar-refractivity contribution in [2.45, 2.75) is 0 Å². The second-order valence-corrected chi connectivity index (χ2v) is 2.22. The van der Waals surface area contributed by atoms with Gasteiger partial charge >= 0.3 is 21.1 Å². The third-order valence-electron chi connectivity index (χ3n) is 0. The molecule has 0 aliphatic carbocycles. The summed E-state index contributed by atoms with van der Waals surface area (Å²) in [6.07, 6.45) is 3.28. The van der Waals surface area contributed by atoms with E-state index in [9.17, 15) is 4.21 Å². The van der Waals surface area contributed by atoms with Crippen LogP contribution in [0.5, 0.6) is 0 Å². The maximum Gasteiger partial charge on any atom is 2.00 e. The fourth-order valence-electron chi connectivity index (χ4n) is 0. The molecule has 0 aromatic rings. The number of halogens is 2. The fraction of sp³-hybridized carbons (Fsp3) is 1.00. The quantitative estimate of drug-likeness (QED) is 0.428. The van der Waals surface area contributed by atoms with E-state index in [1.807, 2.05) is 0 Å². The van der Waals surface area contributed by atoms with Gasteiger partial charge in [-0.15, -0.1) is 0 Å². The average molecular weight is 344 g/mol. The van der Waals surface area contributed by atoms with Crippen LogP contribution in [0.2, 0.25) is 0 Å². The molecule has 0 unspecified atom stereocenters. The van der Waals surface area contributed by atoms with Crippen LogP contribution in [-0.4, -0.2) is 16.7 Å². The van der Waals surface area contributed by atoms with Crippen LogP contribution in [0.4, 0.5) is 0 Å². The zero-order valence-corrected chi connectivity index (χ0v) is 8.49. The van der Waals surface area contributed by atoms with Crippen LogP contribution in [0.25, 0.3) is 0 Å². The maximum absolute atomic E-state index is 9.56. The predicted octanol–water partition coefficient (Wildman–Crippen LogP) is -6.00. The monoisotopic (exact) mass is 343 g/mol. The van der Waals surface area contributed by atoms with Gasteiger partial charge in [0, 0.05) is 23.3 Å². The molecule has 0 radical (unpaired) electrons. The Bertz CT molecular complexity index is 38.7. The topological polar surface area (TPSA) is 17.1 Å². The predicted molar refractivity (Wildman–Crippen MR) is 20.0 cm³/mol. The van der Waals surface area contributed by atoms with Crippen molar-refractivity contribution >= 4 is 10.8 Å². The minimum atomic E-state index is -0.611. The van der Waals surface area contributed by atoms with Crippen LogP contribution in [-0.2, 0) is 31.9 Å². The fourth-order valence-corrected chi connectivity index (χ4v) is 0. The normalized spacial score (nSPS) is 5.00. The Morgan fingerprint density at radius 1 is 1.14 bits per heavy atom. The molecule has 7 heavy (non-hydrogen) atoms. The second kappa shape index (κ2) is 15.7. The first-order valence-corrected chi connectivity index (χ1v) is 2.95. The van der Waals surface area contributed by atoms with Crippen molar-refractivity contribution in [3.8, 4) is 0 Å². The largest absolute Gasteiger partial charge is 2.00 e. The summed E-state index contributed by atoms with van der Waals surface area (Å²) < 4.78 is 9.56. The molecule has 0 saturated carbocycles. The Labute approximate surface area is 73.2 Å². The molecule has 0 atom stereocenters. The Morgan fingerprint density at radius 2 is 1.14 bits per heavy atom. The minimum Gasteiger partial charge on any atom is -1.00 e. The van der Waals surface area contributed by atoms with Gasteiger partial charge in [-0.2, -0.15) is 0 Å². The Morgan fingerprint density at radius 3 is 1.14 bits per heavy atom. The van der Waals surface area contributed by atoms with E-state index in [-0.39, 0.29) is 45.9 Å². The molecular weight excluding hydrogens is 338 g/mol. The maximum atomic E-state index is 9.56. The molecule has 0 bridgehead atoms. The molecule has 0 rings (SSSR count). The SMILES string of the molecule is CS(C)=O.[Cl-].[Cl-].[Pt+2]. The van der Waals surface area contributed by atoms with Crippen molar-refractivity contribution in [3.05, 3.63) is 0 Å². The average Bonchev–Trinajstić information content (AvgIpc) is 0.811. The van der Waals surface area contributed by atoms with Gasteiger partial charge in [-0.05, 0) is 0 Å². The van der Waals surface area contributed by atoms with Crippen molar-refractivity contribution in [3.63, 3.8) is 0 Å². The first kappa shape index (κ1) is 23.7. The Hall–Kier alpha value is 1.42. The molecule has 0 aromatic carbocycles. The molecule has 0 aliphatic heterocycles. The number of hydrogen-bond acceptors (Lipinski definition) is 1.